The molecule has 1 heterocycles. The molecule has 0 bridgehead atoms. The van der Waals surface area contributed by atoms with Crippen molar-refractivity contribution in [2.24, 2.45) is 0 Å². The first-order valence-electron chi connectivity index (χ1n) is 7.41. The van der Waals surface area contributed by atoms with Crippen LogP contribution in [0.25, 0.3) is 5.57 Å². The molecule has 4 nitrogen and oxygen atoms in total. The van der Waals surface area contributed by atoms with Gasteiger partial charge in [-0.3, -0.25) is 9.59 Å². The van der Waals surface area contributed by atoms with Crippen LogP contribution in [0.2, 0.25) is 0 Å². The summed E-state index contributed by atoms with van der Waals surface area (Å²) in [6, 6.07) is 11.8. The van der Waals surface area contributed by atoms with Crippen LogP contribution in [0.3, 0.4) is 0 Å². The van der Waals surface area contributed by atoms with E-state index in [1.54, 1.807) is 18.2 Å². The predicted octanol–water partition coefficient (Wildman–Crippen LogP) is 3.77. The smallest absolute Gasteiger partial charge is 0.326 e. The summed E-state index contributed by atoms with van der Waals surface area (Å²) in [5.41, 5.74) is 0.535. The van der Waals surface area contributed by atoms with Gasteiger partial charge in [0.15, 0.2) is 0 Å². The molecule has 7 heteroatoms. The van der Waals surface area contributed by atoms with Gasteiger partial charge < -0.3 is 10.6 Å². The first-order valence-corrected chi connectivity index (χ1v) is 7.41. The maximum Gasteiger partial charge on any atom is 0.417 e. The van der Waals surface area contributed by atoms with Crippen molar-refractivity contribution >= 4 is 28.8 Å². The lowest BCUT2D eigenvalue weighted by Gasteiger charge is -2.12. The van der Waals surface area contributed by atoms with Gasteiger partial charge in [0.05, 0.1) is 12.0 Å². The van der Waals surface area contributed by atoms with Crippen molar-refractivity contribution in [3.8, 4) is 0 Å². The largest absolute Gasteiger partial charge is 0.417 e. The van der Waals surface area contributed by atoms with Gasteiger partial charge in [0.25, 0.3) is 0 Å². The number of carbonyl (C=O) groups is 2. The van der Waals surface area contributed by atoms with Gasteiger partial charge >= 0.3 is 6.18 Å². The quantitative estimate of drug-likeness (QED) is 0.832. The molecule has 128 valence electrons. The molecule has 2 amide bonds. The van der Waals surface area contributed by atoms with Crippen LogP contribution in [0.1, 0.15) is 11.1 Å². The average molecular weight is 346 g/mol. The van der Waals surface area contributed by atoms with E-state index in [4.69, 9.17) is 0 Å². The van der Waals surface area contributed by atoms with Crippen molar-refractivity contribution in [2.45, 2.75) is 12.6 Å². The maximum atomic E-state index is 13.2. The van der Waals surface area contributed by atoms with Gasteiger partial charge in [0, 0.05) is 17.5 Å². The molecule has 0 spiro atoms. The molecule has 2 aromatic rings. The standard InChI is InChI=1S/C18H13F3N2O2/c19-18(20,21)14(11-4-2-1-3-5-11)10-17(25)22-13-6-7-15-12(8-13)9-16(24)23-15/h1-8,10H,9H2,(H,22,25)(H,23,24)/b14-10+. The first-order chi connectivity index (χ1) is 11.8. The van der Waals surface area contributed by atoms with E-state index in [0.717, 1.165) is 0 Å². The number of nitrogens with one attached hydrogen (secondary N) is 2. The van der Waals surface area contributed by atoms with Crippen LogP contribution >= 0.6 is 0 Å². The van der Waals surface area contributed by atoms with Gasteiger partial charge in [-0.1, -0.05) is 30.3 Å². The number of rotatable bonds is 3. The molecule has 0 fully saturated rings. The third-order valence-corrected chi connectivity index (χ3v) is 3.66. The van der Waals surface area contributed by atoms with E-state index in [0.29, 0.717) is 23.0 Å². The molecule has 2 aromatic carbocycles. The highest BCUT2D eigenvalue weighted by atomic mass is 19.4. The van der Waals surface area contributed by atoms with Crippen LogP contribution in [0, 0.1) is 0 Å². The van der Waals surface area contributed by atoms with Crippen molar-refractivity contribution in [2.75, 3.05) is 10.6 Å². The predicted molar refractivity (Wildman–Crippen MR) is 87.9 cm³/mol. The average Bonchev–Trinajstić information content (AvgIpc) is 2.91. The number of alkyl halides is 3. The fourth-order valence-corrected chi connectivity index (χ4v) is 2.56. The second-order valence-corrected chi connectivity index (χ2v) is 5.51. The molecule has 0 saturated carbocycles. The molecule has 0 atom stereocenters. The number of fused-ring (bicyclic) bond motifs is 1. The summed E-state index contributed by atoms with van der Waals surface area (Å²) in [5, 5.41) is 5.04. The Morgan fingerprint density at radius 2 is 1.84 bits per heavy atom. The molecule has 0 unspecified atom stereocenters. The van der Waals surface area contributed by atoms with Crippen LogP contribution in [-0.4, -0.2) is 18.0 Å². The molecule has 0 aromatic heterocycles. The molecule has 3 rings (SSSR count). The molecule has 0 saturated heterocycles. The zero-order valence-electron chi connectivity index (χ0n) is 12.9. The molecular weight excluding hydrogens is 333 g/mol. The van der Waals surface area contributed by atoms with Gasteiger partial charge in [0.1, 0.15) is 0 Å². The number of amides is 2. The minimum Gasteiger partial charge on any atom is -0.326 e. The fourth-order valence-electron chi connectivity index (χ4n) is 2.56. The Hall–Kier alpha value is -3.09. The van der Waals surface area contributed by atoms with Gasteiger partial charge in [-0.15, -0.1) is 0 Å². The van der Waals surface area contributed by atoms with E-state index < -0.39 is 17.7 Å². The Morgan fingerprint density at radius 1 is 1.12 bits per heavy atom. The van der Waals surface area contributed by atoms with E-state index in [2.05, 4.69) is 10.6 Å². The maximum absolute atomic E-state index is 13.2. The van der Waals surface area contributed by atoms with E-state index in [9.17, 15) is 22.8 Å². The van der Waals surface area contributed by atoms with Crippen LogP contribution in [-0.2, 0) is 16.0 Å². The Bertz CT molecular complexity index is 858. The molecule has 0 aliphatic carbocycles. The number of benzene rings is 2. The summed E-state index contributed by atoms with van der Waals surface area (Å²) >= 11 is 0. The second kappa shape index (κ2) is 6.43. The Labute approximate surface area is 141 Å². The number of halogens is 3. The molecule has 25 heavy (non-hydrogen) atoms. The summed E-state index contributed by atoms with van der Waals surface area (Å²) < 4.78 is 39.7. The highest BCUT2D eigenvalue weighted by molar-refractivity contribution is 6.05. The van der Waals surface area contributed by atoms with Gasteiger partial charge in [-0.2, -0.15) is 13.2 Å². The van der Waals surface area contributed by atoms with Crippen molar-refractivity contribution in [1.82, 2.24) is 0 Å². The van der Waals surface area contributed by atoms with E-state index >= 15 is 0 Å². The summed E-state index contributed by atoms with van der Waals surface area (Å²) in [7, 11) is 0. The SMILES string of the molecule is O=C(/C=C(\c1ccccc1)C(F)(F)F)Nc1ccc2c(c1)CC(=O)N2. The molecule has 2 N–H and O–H groups in total. The monoisotopic (exact) mass is 346 g/mol. The second-order valence-electron chi connectivity index (χ2n) is 5.51. The number of anilines is 2. The lowest BCUT2D eigenvalue weighted by atomic mass is 10.0. The highest BCUT2D eigenvalue weighted by Gasteiger charge is 2.35. The molecule has 1 aliphatic rings. The van der Waals surface area contributed by atoms with Crippen molar-refractivity contribution in [3.63, 3.8) is 0 Å². The van der Waals surface area contributed by atoms with E-state index in [1.807, 2.05) is 0 Å². The molecule has 1 aliphatic heterocycles. The van der Waals surface area contributed by atoms with Crippen LogP contribution in [0.5, 0.6) is 0 Å². The number of allylic oxidation sites excluding steroid dienone is 1. The normalized spacial score (nSPS) is 14.0. The summed E-state index contributed by atoms with van der Waals surface area (Å²) in [6.07, 6.45) is -3.95. The Kier molecular flexibility index (Phi) is 4.31. The summed E-state index contributed by atoms with van der Waals surface area (Å²) in [4.78, 5) is 23.4. The fraction of sp³-hybridized carbons (Fsp3) is 0.111. The third kappa shape index (κ3) is 3.88. The summed E-state index contributed by atoms with van der Waals surface area (Å²) in [5.74, 6) is -1.06. The van der Waals surface area contributed by atoms with Crippen molar-refractivity contribution in [1.29, 1.82) is 0 Å². The Morgan fingerprint density at radius 3 is 2.52 bits per heavy atom. The van der Waals surface area contributed by atoms with Gasteiger partial charge in [-0.05, 0) is 29.3 Å². The lowest BCUT2D eigenvalue weighted by Crippen LogP contribution is -2.16. The molecule has 0 radical (unpaired) electrons. The number of carbonyl (C=O) groups excluding carboxylic acids is 2. The summed E-state index contributed by atoms with van der Waals surface area (Å²) in [6.45, 7) is 0. The van der Waals surface area contributed by atoms with Gasteiger partial charge in [0.2, 0.25) is 11.8 Å². The van der Waals surface area contributed by atoms with E-state index in [1.165, 1.54) is 30.3 Å². The first kappa shape index (κ1) is 16.8. The topological polar surface area (TPSA) is 58.2 Å². The van der Waals surface area contributed by atoms with Crippen molar-refractivity contribution < 1.29 is 22.8 Å². The minimum atomic E-state index is -4.66. The minimum absolute atomic E-state index is 0.0890. The molecular formula is C18H13F3N2O2. The van der Waals surface area contributed by atoms with E-state index in [-0.39, 0.29) is 17.9 Å². The van der Waals surface area contributed by atoms with Crippen molar-refractivity contribution in [3.05, 3.63) is 65.7 Å². The van der Waals surface area contributed by atoms with Crippen LogP contribution in [0.4, 0.5) is 24.5 Å². The third-order valence-electron chi connectivity index (χ3n) is 3.66. The van der Waals surface area contributed by atoms with Crippen LogP contribution < -0.4 is 10.6 Å². The number of hydrogen-bond acceptors (Lipinski definition) is 2. The van der Waals surface area contributed by atoms with Gasteiger partial charge in [-0.25, -0.2) is 0 Å². The zero-order chi connectivity index (χ0) is 18.0. The lowest BCUT2D eigenvalue weighted by molar-refractivity contribution is -0.115. The highest BCUT2D eigenvalue weighted by Crippen LogP contribution is 2.34. The Balaban J connectivity index is 1.83. The zero-order valence-corrected chi connectivity index (χ0v) is 12.9. The number of hydrogen-bond donors (Lipinski definition) is 2. The van der Waals surface area contributed by atoms with Crippen LogP contribution in [0.15, 0.2) is 54.6 Å².